The maximum Gasteiger partial charge on any atom is 0.524 e. The van der Waals surface area contributed by atoms with E-state index in [-0.39, 0.29) is 40.0 Å². The molecule has 2 unspecified atom stereocenters. The zero-order chi connectivity index (χ0) is 81.7. The number of benzene rings is 3. The minimum atomic E-state index is -5.61. The highest BCUT2D eigenvalue weighted by Crippen LogP contribution is 2.47. The van der Waals surface area contributed by atoms with Gasteiger partial charge in [0.1, 0.15) is 35.6 Å². The van der Waals surface area contributed by atoms with Gasteiger partial charge in [-0.05, 0) is 107 Å². The summed E-state index contributed by atoms with van der Waals surface area (Å²) >= 11 is 0. The molecular formula is C71H83F10N12O17P. The lowest BCUT2D eigenvalue weighted by Crippen LogP contribution is -2.64. The molecule has 111 heavy (non-hydrogen) atoms. The summed E-state index contributed by atoms with van der Waals surface area (Å²) in [5.74, 6) is -4.94. The van der Waals surface area contributed by atoms with Gasteiger partial charge in [-0.2, -0.15) is 40.2 Å². The van der Waals surface area contributed by atoms with E-state index < -0.39 is 188 Å². The van der Waals surface area contributed by atoms with Crippen molar-refractivity contribution in [1.82, 2.24) is 56.4 Å². The third-order valence-corrected chi connectivity index (χ3v) is 20.3. The first-order chi connectivity index (χ1) is 51.8. The molecule has 29 nitrogen and oxygen atoms in total. The minimum absolute atomic E-state index is 0.0776. The van der Waals surface area contributed by atoms with Crippen LogP contribution < -0.4 is 36.1 Å². The van der Waals surface area contributed by atoms with Crippen LogP contribution in [0.15, 0.2) is 73.2 Å². The SMILES string of the molecule is COC(=O)N[C@H](C(=O)N[C@@H](Cc1ccc(C#Cc2cnc(N3CC4CCC(C3)N4C3COC3)nc2)cc1)[C@H](CN(Cc1c(F)cc(-c2ccn(C(F)F)n2)cc1F)NC(=O)[C@@H](NC(=O)OC)C(C)(C)C(F)(F)F)OC(=O)CC(C)(C)c1c(CC(=O)N[C@@]2(C(=O)O)CCOC2)cc(C)cc1OP(=O)(O)O)C(C)(C)C(F)(F)F. The number of ether oxygens (including phenoxy) is 5. The van der Waals surface area contributed by atoms with Crippen LogP contribution in [0.25, 0.3) is 11.3 Å². The number of halogens is 10. The number of aryl methyl sites for hydroxylation is 1. The number of carbonyl (C=O) groups excluding carboxylic acids is 6. The topological polar surface area (TPSA) is 366 Å². The van der Waals surface area contributed by atoms with Crippen LogP contribution in [0.5, 0.6) is 5.75 Å². The van der Waals surface area contributed by atoms with Crippen LogP contribution in [0.3, 0.4) is 0 Å². The molecule has 7 atom stereocenters. The highest BCUT2D eigenvalue weighted by Gasteiger charge is 2.58. The molecule has 0 saturated carbocycles. The van der Waals surface area contributed by atoms with E-state index in [9.17, 15) is 52.2 Å². The zero-order valence-electron chi connectivity index (χ0n) is 61.4. The Morgan fingerprint density at radius 1 is 0.775 bits per heavy atom. The highest BCUT2D eigenvalue weighted by molar-refractivity contribution is 7.46. The molecule has 8 N–H and O–H groups in total. The molecule has 5 amide bonds. The van der Waals surface area contributed by atoms with Gasteiger partial charge in [-0.15, -0.1) is 0 Å². The molecule has 5 aromatic rings. The summed E-state index contributed by atoms with van der Waals surface area (Å²) in [6.45, 7) is 2.11. The third kappa shape index (κ3) is 20.5. The lowest BCUT2D eigenvalue weighted by molar-refractivity contribution is -0.221. The van der Waals surface area contributed by atoms with Crippen molar-refractivity contribution < 1.29 is 125 Å². The molecule has 2 aromatic heterocycles. The summed E-state index contributed by atoms with van der Waals surface area (Å²) < 4.78 is 197. The smallest absolute Gasteiger partial charge is 0.479 e. The van der Waals surface area contributed by atoms with Crippen molar-refractivity contribution in [2.45, 2.75) is 166 Å². The van der Waals surface area contributed by atoms with E-state index in [0.717, 1.165) is 45.4 Å². The molecule has 40 heteroatoms. The molecule has 0 radical (unpaired) electrons. The fraction of sp³-hybridized carbons (Fsp3) is 0.521. The average Bonchev–Trinajstić information content (AvgIpc) is 1.69. The summed E-state index contributed by atoms with van der Waals surface area (Å²) in [6.07, 6.45) is -13.3. The molecule has 3 aromatic carbocycles. The number of nitrogens with one attached hydrogen (secondary N) is 5. The summed E-state index contributed by atoms with van der Waals surface area (Å²) in [4.78, 5) is 132. The van der Waals surface area contributed by atoms with E-state index in [1.807, 2.05) is 5.32 Å². The third-order valence-electron chi connectivity index (χ3n) is 19.9. The lowest BCUT2D eigenvalue weighted by Gasteiger charge is -2.47. The van der Waals surface area contributed by atoms with Crippen LogP contribution in [0, 0.1) is 41.2 Å². The number of amides is 5. The molecule has 2 bridgehead atoms. The fourth-order valence-electron chi connectivity index (χ4n) is 13.6. The van der Waals surface area contributed by atoms with Crippen LogP contribution >= 0.6 is 7.82 Å². The quantitative estimate of drug-likeness (QED) is 0.00570. The average molecular weight is 1600 g/mol. The van der Waals surface area contributed by atoms with E-state index >= 15 is 44.7 Å². The molecule has 4 aliphatic rings. The van der Waals surface area contributed by atoms with Gasteiger partial charge in [-0.3, -0.25) is 39.3 Å². The number of alkyl carbamates (subject to hydrolysis) is 2. The van der Waals surface area contributed by atoms with Crippen molar-refractivity contribution >= 4 is 55.6 Å². The lowest BCUT2D eigenvalue weighted by atomic mass is 9.77. The standard InChI is InChI=1S/C71H83F10N12O17P/c1-38-22-43(27-54(94)87-69(61(98)99)19-21-107-37-69)56(52(23-38)110-111(102,103)104)66(2,3)28-55(95)109-53(34-91(89-60(97)58(86-65(101)106-9)68(6,7)71(79,80)81)33-47-48(72)25-42(26-49(47)73)50-18-20-92(88-50)62(74)75)51(84-59(96)57(85-64(100)105-8)67(4,5)70(76,77)78)24-40-13-10-39(11-14-40)12-15-41-29-82-63(83-30-41)90-31-44-16-17-45(32-90)93(44)46-35-108-36-46/h10-11,13-14,18,20,22-23,25-26,29-30,44-46,51,53,57-58,62H,16-17,19,21,24,27-28,31-37H2,1-9H3,(H,84,96)(H,85,100)(H,86,101)(H,87,94)(H,89,97)(H,98,99)(H2,102,103,104)/t44?,45?,51-,53-,57+,58+,69-/m0/s1. The molecule has 604 valence electrons. The van der Waals surface area contributed by atoms with Crippen molar-refractivity contribution in [3.63, 3.8) is 0 Å². The number of piperazine rings is 1. The van der Waals surface area contributed by atoms with Crippen molar-refractivity contribution in [2.24, 2.45) is 10.8 Å². The second-order valence-electron chi connectivity index (χ2n) is 29.2. The van der Waals surface area contributed by atoms with Gasteiger partial charge < -0.3 is 59.5 Å². The van der Waals surface area contributed by atoms with Crippen molar-refractivity contribution in [1.29, 1.82) is 0 Å². The molecule has 0 aliphatic carbocycles. The van der Waals surface area contributed by atoms with Crippen molar-refractivity contribution in [3.05, 3.63) is 124 Å². The van der Waals surface area contributed by atoms with Gasteiger partial charge in [0.2, 0.25) is 17.8 Å². The number of hydrogen-bond acceptors (Lipinski definition) is 20. The number of phosphoric acid groups is 1. The van der Waals surface area contributed by atoms with E-state index in [1.54, 1.807) is 5.32 Å². The number of carboxylic acid groups (broad SMARTS) is 1. The number of methoxy groups -OCH3 is 2. The van der Waals surface area contributed by atoms with Gasteiger partial charge in [0.15, 0.2) is 5.54 Å². The minimum Gasteiger partial charge on any atom is -0.479 e. The predicted octanol–water partition coefficient (Wildman–Crippen LogP) is 7.61. The Balaban J connectivity index is 1.17. The summed E-state index contributed by atoms with van der Waals surface area (Å²) in [5.41, 5.74) is -9.97. The van der Waals surface area contributed by atoms with Crippen LogP contribution in [0.2, 0.25) is 0 Å². The number of aromatic nitrogens is 4. The first kappa shape index (κ1) is 85.3. The van der Waals surface area contributed by atoms with E-state index in [0.29, 0.717) is 106 Å². The summed E-state index contributed by atoms with van der Waals surface area (Å²) in [7, 11) is -4.14. The van der Waals surface area contributed by atoms with Crippen molar-refractivity contribution in [2.75, 3.05) is 65.2 Å². The number of phosphoric ester groups is 1. The predicted molar refractivity (Wildman–Crippen MR) is 370 cm³/mol. The van der Waals surface area contributed by atoms with Crippen LogP contribution in [0.1, 0.15) is 113 Å². The van der Waals surface area contributed by atoms with E-state index in [1.165, 1.54) is 63.5 Å². The van der Waals surface area contributed by atoms with Gasteiger partial charge in [-0.1, -0.05) is 43.9 Å². The van der Waals surface area contributed by atoms with Gasteiger partial charge in [-0.25, -0.2) is 47.4 Å². The second-order valence-corrected chi connectivity index (χ2v) is 30.3. The number of alkyl halides is 8. The maximum absolute atomic E-state index is 16.9. The fourth-order valence-corrected chi connectivity index (χ4v) is 14.0. The van der Waals surface area contributed by atoms with Gasteiger partial charge in [0.05, 0.1) is 87.6 Å². The molecule has 4 saturated heterocycles. The Morgan fingerprint density at radius 2 is 1.35 bits per heavy atom. The van der Waals surface area contributed by atoms with Crippen LogP contribution in [0.4, 0.5) is 59.4 Å². The Hall–Kier alpha value is -9.71. The number of hydrazine groups is 1. The maximum atomic E-state index is 16.9. The number of anilines is 1. The Kier molecular flexibility index (Phi) is 26.2. The largest absolute Gasteiger partial charge is 0.524 e. The summed E-state index contributed by atoms with van der Waals surface area (Å²) in [6, 6.07) is 3.58. The molecule has 4 aliphatic heterocycles. The Morgan fingerprint density at radius 3 is 1.86 bits per heavy atom. The summed E-state index contributed by atoms with van der Waals surface area (Å²) in [5, 5.41) is 22.6. The molecule has 4 fully saturated rings. The molecule has 9 rings (SSSR count). The second kappa shape index (κ2) is 34.1. The first-order valence-electron chi connectivity index (χ1n) is 34.6. The molecular weight excluding hydrogens is 1510 g/mol. The number of carbonyl (C=O) groups is 7. The van der Waals surface area contributed by atoms with Crippen LogP contribution in [-0.2, 0) is 77.0 Å². The number of rotatable bonds is 29. The monoisotopic (exact) mass is 1600 g/mol. The van der Waals surface area contributed by atoms with Gasteiger partial charge >= 0.3 is 50.8 Å². The normalized spacial score (nSPS) is 18.9. The van der Waals surface area contributed by atoms with Gasteiger partial charge in [0, 0.05) is 91.0 Å². The van der Waals surface area contributed by atoms with Gasteiger partial charge in [0.25, 0.3) is 5.91 Å². The Labute approximate surface area is 629 Å². The zero-order valence-corrected chi connectivity index (χ0v) is 62.3. The number of carboxylic acids is 1. The van der Waals surface area contributed by atoms with E-state index in [4.69, 9.17) is 18.7 Å². The number of aliphatic carboxylic acids is 1. The number of fused-ring (bicyclic) bond motifs is 2. The van der Waals surface area contributed by atoms with Crippen LogP contribution in [-0.4, -0.2) is 207 Å². The number of nitrogens with zero attached hydrogens (tertiary/aromatic N) is 7. The number of esters is 1. The molecule has 0 spiro atoms. The van der Waals surface area contributed by atoms with Crippen molar-refractivity contribution in [3.8, 4) is 28.8 Å². The highest BCUT2D eigenvalue weighted by atomic mass is 31.2. The van der Waals surface area contributed by atoms with E-state index in [2.05, 4.69) is 62.2 Å². The Bertz CT molecular complexity index is 4340. The number of hydrogen-bond donors (Lipinski definition) is 8. The molecule has 6 heterocycles. The first-order valence-corrected chi connectivity index (χ1v) is 36.1.